The predicted molar refractivity (Wildman–Crippen MR) is 96.1 cm³/mol. The van der Waals surface area contributed by atoms with Crippen molar-refractivity contribution in [3.63, 3.8) is 0 Å². The standard InChI is InChI=1S/C19H22FN3O3/c1-14(26-16-5-3-15(20)4-6-16)19(24)23-11-9-22(10-12-23)18-8-7-17(25-2)13-21-18/h3-8,13-14H,9-12H2,1-2H3. The number of halogens is 1. The monoisotopic (exact) mass is 359 g/mol. The molecule has 0 radical (unpaired) electrons. The highest BCUT2D eigenvalue weighted by atomic mass is 19.1. The molecule has 2 heterocycles. The third-order valence-electron chi connectivity index (χ3n) is 4.35. The molecular formula is C19H22FN3O3. The van der Waals surface area contributed by atoms with Crippen LogP contribution in [0.15, 0.2) is 42.6 Å². The number of amides is 1. The van der Waals surface area contributed by atoms with Gasteiger partial charge in [-0.3, -0.25) is 4.79 Å². The summed E-state index contributed by atoms with van der Waals surface area (Å²) in [6.07, 6.45) is 1.07. The van der Waals surface area contributed by atoms with Gasteiger partial charge in [0.05, 0.1) is 13.3 Å². The number of methoxy groups -OCH3 is 1. The van der Waals surface area contributed by atoms with Crippen LogP contribution in [0.1, 0.15) is 6.92 Å². The molecule has 1 aliphatic rings. The van der Waals surface area contributed by atoms with Gasteiger partial charge in [0.15, 0.2) is 6.10 Å². The van der Waals surface area contributed by atoms with E-state index >= 15 is 0 Å². The number of aromatic nitrogens is 1. The van der Waals surface area contributed by atoms with Crippen molar-refractivity contribution in [2.45, 2.75) is 13.0 Å². The summed E-state index contributed by atoms with van der Waals surface area (Å²) in [7, 11) is 1.61. The number of pyridine rings is 1. The van der Waals surface area contributed by atoms with Gasteiger partial charge in [-0.2, -0.15) is 0 Å². The van der Waals surface area contributed by atoms with Crippen LogP contribution in [0, 0.1) is 5.82 Å². The summed E-state index contributed by atoms with van der Waals surface area (Å²) in [5, 5.41) is 0. The Labute approximate surface area is 152 Å². The van der Waals surface area contributed by atoms with E-state index < -0.39 is 6.10 Å². The van der Waals surface area contributed by atoms with Crippen molar-refractivity contribution in [3.8, 4) is 11.5 Å². The van der Waals surface area contributed by atoms with Crippen LogP contribution in [0.3, 0.4) is 0 Å². The van der Waals surface area contributed by atoms with Gasteiger partial charge in [0.2, 0.25) is 0 Å². The number of hydrogen-bond acceptors (Lipinski definition) is 5. The molecule has 1 aliphatic heterocycles. The van der Waals surface area contributed by atoms with Gasteiger partial charge in [-0.25, -0.2) is 9.37 Å². The zero-order valence-corrected chi connectivity index (χ0v) is 14.9. The molecule has 1 aromatic carbocycles. The molecule has 0 aliphatic carbocycles. The number of rotatable bonds is 5. The maximum Gasteiger partial charge on any atom is 0.263 e. The summed E-state index contributed by atoms with van der Waals surface area (Å²) in [5.74, 6) is 1.66. The van der Waals surface area contributed by atoms with E-state index in [9.17, 15) is 9.18 Å². The Morgan fingerprint density at radius 1 is 1.08 bits per heavy atom. The Balaban J connectivity index is 1.53. The molecule has 7 heteroatoms. The average Bonchev–Trinajstić information content (AvgIpc) is 2.69. The van der Waals surface area contributed by atoms with Crippen LogP contribution in [-0.4, -0.2) is 55.2 Å². The minimum Gasteiger partial charge on any atom is -0.495 e. The number of carbonyl (C=O) groups excluding carboxylic acids is 1. The van der Waals surface area contributed by atoms with Crippen molar-refractivity contribution >= 4 is 11.7 Å². The molecule has 1 saturated heterocycles. The number of benzene rings is 1. The van der Waals surface area contributed by atoms with E-state index in [0.29, 0.717) is 37.7 Å². The van der Waals surface area contributed by atoms with Crippen LogP contribution in [0.5, 0.6) is 11.5 Å². The molecule has 0 N–H and O–H groups in total. The van der Waals surface area contributed by atoms with Crippen molar-refractivity contribution in [1.29, 1.82) is 0 Å². The molecule has 1 fully saturated rings. The molecule has 3 rings (SSSR count). The van der Waals surface area contributed by atoms with Crippen LogP contribution >= 0.6 is 0 Å². The van der Waals surface area contributed by atoms with Crippen molar-refractivity contribution in [2.75, 3.05) is 38.2 Å². The summed E-state index contributed by atoms with van der Waals surface area (Å²) in [4.78, 5) is 20.9. The number of piperazine rings is 1. The molecule has 0 spiro atoms. The minimum absolute atomic E-state index is 0.0725. The molecule has 0 saturated carbocycles. The second kappa shape index (κ2) is 8.03. The lowest BCUT2D eigenvalue weighted by molar-refractivity contribution is -0.138. The van der Waals surface area contributed by atoms with Gasteiger partial charge in [0.25, 0.3) is 5.91 Å². The molecule has 26 heavy (non-hydrogen) atoms. The first-order valence-corrected chi connectivity index (χ1v) is 8.53. The Morgan fingerprint density at radius 3 is 2.31 bits per heavy atom. The molecular weight excluding hydrogens is 337 g/mol. The molecule has 1 amide bonds. The Bertz CT molecular complexity index is 729. The fourth-order valence-electron chi connectivity index (χ4n) is 2.86. The van der Waals surface area contributed by atoms with Crippen molar-refractivity contribution < 1.29 is 18.7 Å². The van der Waals surface area contributed by atoms with Gasteiger partial charge in [0.1, 0.15) is 23.1 Å². The number of hydrogen-bond donors (Lipinski definition) is 0. The number of anilines is 1. The Kier molecular flexibility index (Phi) is 5.55. The molecule has 1 aromatic heterocycles. The second-order valence-corrected chi connectivity index (χ2v) is 6.08. The van der Waals surface area contributed by atoms with E-state index in [1.807, 2.05) is 12.1 Å². The van der Waals surface area contributed by atoms with E-state index in [1.54, 1.807) is 25.1 Å². The third-order valence-corrected chi connectivity index (χ3v) is 4.35. The van der Waals surface area contributed by atoms with Crippen LogP contribution in [0.25, 0.3) is 0 Å². The van der Waals surface area contributed by atoms with E-state index in [2.05, 4.69) is 9.88 Å². The summed E-state index contributed by atoms with van der Waals surface area (Å²) >= 11 is 0. The molecule has 1 atom stereocenters. The SMILES string of the molecule is COc1ccc(N2CCN(C(=O)C(C)Oc3ccc(F)cc3)CC2)nc1. The highest BCUT2D eigenvalue weighted by molar-refractivity contribution is 5.81. The van der Waals surface area contributed by atoms with Crippen molar-refractivity contribution in [2.24, 2.45) is 0 Å². The summed E-state index contributed by atoms with van der Waals surface area (Å²) in [6, 6.07) is 9.45. The third kappa shape index (κ3) is 4.22. The molecule has 0 bridgehead atoms. The zero-order chi connectivity index (χ0) is 18.5. The lowest BCUT2D eigenvalue weighted by atomic mass is 10.2. The Hall–Kier alpha value is -2.83. The largest absolute Gasteiger partial charge is 0.495 e. The van der Waals surface area contributed by atoms with Gasteiger partial charge < -0.3 is 19.3 Å². The number of ether oxygens (including phenoxy) is 2. The smallest absolute Gasteiger partial charge is 0.263 e. The maximum absolute atomic E-state index is 12.9. The number of nitrogens with zero attached hydrogens (tertiary/aromatic N) is 3. The molecule has 1 unspecified atom stereocenters. The average molecular weight is 359 g/mol. The highest BCUT2D eigenvalue weighted by Gasteiger charge is 2.26. The van der Waals surface area contributed by atoms with Crippen molar-refractivity contribution in [1.82, 2.24) is 9.88 Å². The molecule has 2 aromatic rings. The van der Waals surface area contributed by atoms with Gasteiger partial charge in [0, 0.05) is 26.2 Å². The van der Waals surface area contributed by atoms with Crippen LogP contribution in [-0.2, 0) is 4.79 Å². The first-order valence-electron chi connectivity index (χ1n) is 8.53. The Morgan fingerprint density at radius 2 is 1.73 bits per heavy atom. The predicted octanol–water partition coefficient (Wildman–Crippen LogP) is 2.35. The first-order chi connectivity index (χ1) is 12.6. The van der Waals surface area contributed by atoms with E-state index in [0.717, 1.165) is 5.82 Å². The zero-order valence-electron chi connectivity index (χ0n) is 14.9. The fourth-order valence-corrected chi connectivity index (χ4v) is 2.86. The lowest BCUT2D eigenvalue weighted by Gasteiger charge is -2.36. The van der Waals surface area contributed by atoms with Gasteiger partial charge in [-0.05, 0) is 43.3 Å². The van der Waals surface area contributed by atoms with Crippen LogP contribution in [0.4, 0.5) is 10.2 Å². The van der Waals surface area contributed by atoms with Gasteiger partial charge in [-0.1, -0.05) is 0 Å². The molecule has 6 nitrogen and oxygen atoms in total. The van der Waals surface area contributed by atoms with E-state index in [1.165, 1.54) is 24.3 Å². The second-order valence-electron chi connectivity index (χ2n) is 6.08. The van der Waals surface area contributed by atoms with Crippen molar-refractivity contribution in [3.05, 3.63) is 48.4 Å². The topological polar surface area (TPSA) is 54.9 Å². The maximum atomic E-state index is 12.9. The van der Waals surface area contributed by atoms with E-state index in [4.69, 9.17) is 9.47 Å². The summed E-state index contributed by atoms with van der Waals surface area (Å²) in [6.45, 7) is 4.32. The highest BCUT2D eigenvalue weighted by Crippen LogP contribution is 2.18. The normalized spacial score (nSPS) is 15.5. The van der Waals surface area contributed by atoms with E-state index in [-0.39, 0.29) is 11.7 Å². The quantitative estimate of drug-likeness (QED) is 0.820. The lowest BCUT2D eigenvalue weighted by Crippen LogP contribution is -2.52. The van der Waals surface area contributed by atoms with Gasteiger partial charge in [-0.15, -0.1) is 0 Å². The fraction of sp³-hybridized carbons (Fsp3) is 0.368. The minimum atomic E-state index is -0.619. The van der Waals surface area contributed by atoms with Crippen LogP contribution < -0.4 is 14.4 Å². The molecule has 138 valence electrons. The van der Waals surface area contributed by atoms with Crippen LogP contribution in [0.2, 0.25) is 0 Å². The van der Waals surface area contributed by atoms with Gasteiger partial charge >= 0.3 is 0 Å². The summed E-state index contributed by atoms with van der Waals surface area (Å²) in [5.41, 5.74) is 0. The first kappa shape index (κ1) is 18.0. The summed E-state index contributed by atoms with van der Waals surface area (Å²) < 4.78 is 23.7. The number of carbonyl (C=O) groups is 1.